The standard InChI is InChI=1S/C18H31N5O7/c19-18(17(29)30)1-3-23(4-2-18)14(24)11-20-5-7-21(12-15(25)26)9-10-22(8-6-20)13-16(27)28/h1-13,19H2,(H,25,26)(H,27,28)(H,29,30). The summed E-state index contributed by atoms with van der Waals surface area (Å²) in [5.74, 6) is -3.12. The number of hydrogen-bond acceptors (Lipinski definition) is 8. The highest BCUT2D eigenvalue weighted by Gasteiger charge is 2.38. The lowest BCUT2D eigenvalue weighted by Crippen LogP contribution is -2.57. The van der Waals surface area contributed by atoms with Crippen LogP contribution in [0.25, 0.3) is 0 Å². The second-order valence-corrected chi connectivity index (χ2v) is 7.96. The highest BCUT2D eigenvalue weighted by atomic mass is 16.4. The molecule has 0 saturated carbocycles. The van der Waals surface area contributed by atoms with Gasteiger partial charge in [0.15, 0.2) is 0 Å². The number of carbonyl (C=O) groups excluding carboxylic acids is 1. The predicted molar refractivity (Wildman–Crippen MR) is 105 cm³/mol. The number of nitrogens with zero attached hydrogens (tertiary/aromatic N) is 4. The molecule has 5 N–H and O–H groups in total. The third-order valence-electron chi connectivity index (χ3n) is 5.71. The van der Waals surface area contributed by atoms with Crippen molar-refractivity contribution in [2.75, 3.05) is 72.0 Å². The summed E-state index contributed by atoms with van der Waals surface area (Å²) in [6, 6.07) is 0. The Labute approximate surface area is 174 Å². The maximum absolute atomic E-state index is 12.7. The highest BCUT2D eigenvalue weighted by molar-refractivity contribution is 5.81. The number of hydrogen-bond donors (Lipinski definition) is 4. The molecule has 2 aliphatic heterocycles. The monoisotopic (exact) mass is 429 g/mol. The van der Waals surface area contributed by atoms with Crippen molar-refractivity contribution in [2.24, 2.45) is 5.73 Å². The van der Waals surface area contributed by atoms with E-state index in [2.05, 4.69) is 0 Å². The van der Waals surface area contributed by atoms with Crippen LogP contribution in [0.5, 0.6) is 0 Å². The van der Waals surface area contributed by atoms with Gasteiger partial charge in [-0.3, -0.25) is 33.9 Å². The average molecular weight is 429 g/mol. The van der Waals surface area contributed by atoms with E-state index in [-0.39, 0.29) is 51.5 Å². The van der Waals surface area contributed by atoms with Crippen molar-refractivity contribution in [1.29, 1.82) is 0 Å². The van der Waals surface area contributed by atoms with E-state index >= 15 is 0 Å². The van der Waals surface area contributed by atoms with Crippen LogP contribution in [-0.2, 0) is 19.2 Å². The van der Waals surface area contributed by atoms with E-state index in [1.54, 1.807) is 14.7 Å². The highest BCUT2D eigenvalue weighted by Crippen LogP contribution is 2.20. The van der Waals surface area contributed by atoms with Crippen molar-refractivity contribution in [1.82, 2.24) is 19.6 Å². The molecule has 1 amide bonds. The van der Waals surface area contributed by atoms with Gasteiger partial charge in [0.1, 0.15) is 5.54 Å². The Hall–Kier alpha value is -2.28. The molecule has 12 nitrogen and oxygen atoms in total. The number of aliphatic carboxylic acids is 3. The Morgan fingerprint density at radius 1 is 0.667 bits per heavy atom. The summed E-state index contributed by atoms with van der Waals surface area (Å²) < 4.78 is 0. The zero-order chi connectivity index (χ0) is 22.3. The van der Waals surface area contributed by atoms with Gasteiger partial charge in [-0.2, -0.15) is 0 Å². The molecule has 0 spiro atoms. The molecule has 0 aliphatic carbocycles. The van der Waals surface area contributed by atoms with Gasteiger partial charge in [-0.05, 0) is 12.8 Å². The average Bonchev–Trinajstić information content (AvgIpc) is 2.74. The Morgan fingerprint density at radius 3 is 1.37 bits per heavy atom. The van der Waals surface area contributed by atoms with Crippen LogP contribution >= 0.6 is 0 Å². The molecule has 2 fully saturated rings. The molecule has 2 saturated heterocycles. The fourth-order valence-corrected chi connectivity index (χ4v) is 3.70. The molecule has 2 aliphatic rings. The molecule has 0 aromatic carbocycles. The van der Waals surface area contributed by atoms with Gasteiger partial charge in [-0.25, -0.2) is 0 Å². The van der Waals surface area contributed by atoms with E-state index < -0.39 is 23.4 Å². The summed E-state index contributed by atoms with van der Waals surface area (Å²) >= 11 is 0. The maximum Gasteiger partial charge on any atom is 0.323 e. The summed E-state index contributed by atoms with van der Waals surface area (Å²) in [6.45, 7) is 3.06. The predicted octanol–water partition coefficient (Wildman–Crippen LogP) is -2.52. The molecule has 170 valence electrons. The Bertz CT molecular complexity index is 623. The number of amides is 1. The van der Waals surface area contributed by atoms with Crippen molar-refractivity contribution in [3.8, 4) is 0 Å². The zero-order valence-corrected chi connectivity index (χ0v) is 17.0. The minimum Gasteiger partial charge on any atom is -0.480 e. The molecule has 2 rings (SSSR count). The van der Waals surface area contributed by atoms with Crippen LogP contribution in [0.2, 0.25) is 0 Å². The summed E-state index contributed by atoms with van der Waals surface area (Å²) in [4.78, 5) is 53.1. The van der Waals surface area contributed by atoms with Gasteiger partial charge in [0.2, 0.25) is 5.91 Å². The number of nitrogens with two attached hydrogens (primary N) is 1. The Kier molecular flexibility index (Phi) is 8.53. The van der Waals surface area contributed by atoms with E-state index in [4.69, 9.17) is 15.9 Å². The summed E-state index contributed by atoms with van der Waals surface area (Å²) in [6.07, 6.45) is 0.375. The Balaban J connectivity index is 1.96. The second kappa shape index (κ2) is 10.7. The van der Waals surface area contributed by atoms with Crippen molar-refractivity contribution < 1.29 is 34.5 Å². The third kappa shape index (κ3) is 7.20. The number of rotatable bonds is 7. The number of piperidine rings is 1. The van der Waals surface area contributed by atoms with E-state index in [9.17, 15) is 24.3 Å². The first-order valence-electron chi connectivity index (χ1n) is 10.00. The van der Waals surface area contributed by atoms with Crippen molar-refractivity contribution in [3.63, 3.8) is 0 Å². The first kappa shape index (κ1) is 24.0. The first-order chi connectivity index (χ1) is 14.1. The minimum absolute atomic E-state index is 0.104. The third-order valence-corrected chi connectivity index (χ3v) is 5.71. The molecule has 0 bridgehead atoms. The minimum atomic E-state index is -1.30. The van der Waals surface area contributed by atoms with Gasteiger partial charge < -0.3 is 26.0 Å². The van der Waals surface area contributed by atoms with Gasteiger partial charge in [-0.1, -0.05) is 0 Å². The van der Waals surface area contributed by atoms with Crippen molar-refractivity contribution in [2.45, 2.75) is 18.4 Å². The lowest BCUT2D eigenvalue weighted by Gasteiger charge is -2.37. The van der Waals surface area contributed by atoms with Crippen LogP contribution in [0.1, 0.15) is 12.8 Å². The fraction of sp³-hybridized carbons (Fsp3) is 0.778. The Morgan fingerprint density at radius 2 is 1.03 bits per heavy atom. The smallest absolute Gasteiger partial charge is 0.323 e. The van der Waals surface area contributed by atoms with Gasteiger partial charge in [0.25, 0.3) is 0 Å². The van der Waals surface area contributed by atoms with E-state index in [0.717, 1.165) is 0 Å². The number of likely N-dealkylation sites (tertiary alicyclic amines) is 1. The van der Waals surface area contributed by atoms with Crippen LogP contribution < -0.4 is 5.73 Å². The topological polar surface area (TPSA) is 168 Å². The molecule has 0 radical (unpaired) electrons. The normalized spacial score (nSPS) is 22.0. The zero-order valence-electron chi connectivity index (χ0n) is 17.0. The van der Waals surface area contributed by atoms with Crippen LogP contribution in [0.4, 0.5) is 0 Å². The first-order valence-corrected chi connectivity index (χ1v) is 10.00. The quantitative estimate of drug-likeness (QED) is 0.337. The van der Waals surface area contributed by atoms with Crippen molar-refractivity contribution >= 4 is 23.8 Å². The van der Waals surface area contributed by atoms with Gasteiger partial charge >= 0.3 is 17.9 Å². The molecular weight excluding hydrogens is 398 g/mol. The van der Waals surface area contributed by atoms with Crippen LogP contribution in [0.3, 0.4) is 0 Å². The molecule has 12 heteroatoms. The molecular formula is C18H31N5O7. The number of carboxylic acids is 3. The summed E-state index contributed by atoms with van der Waals surface area (Å²) in [7, 11) is 0. The fourth-order valence-electron chi connectivity index (χ4n) is 3.70. The van der Waals surface area contributed by atoms with Crippen LogP contribution in [-0.4, -0.2) is 136 Å². The van der Waals surface area contributed by atoms with Crippen molar-refractivity contribution in [3.05, 3.63) is 0 Å². The van der Waals surface area contributed by atoms with Gasteiger partial charge in [0.05, 0.1) is 19.6 Å². The second-order valence-electron chi connectivity index (χ2n) is 7.96. The van der Waals surface area contributed by atoms with E-state index in [1.165, 1.54) is 0 Å². The summed E-state index contributed by atoms with van der Waals surface area (Å²) in [5.41, 5.74) is 4.56. The molecule has 2 heterocycles. The molecule has 30 heavy (non-hydrogen) atoms. The maximum atomic E-state index is 12.7. The van der Waals surface area contributed by atoms with E-state index in [0.29, 0.717) is 39.3 Å². The molecule has 0 aromatic heterocycles. The summed E-state index contributed by atoms with van der Waals surface area (Å²) in [5, 5.41) is 27.4. The SMILES string of the molecule is NC1(C(=O)O)CCN(C(=O)CN2CCN(CC(=O)O)CCN(CC(=O)O)CC2)CC1. The lowest BCUT2D eigenvalue weighted by molar-refractivity contribution is -0.147. The number of carboxylic acid groups (broad SMARTS) is 3. The van der Waals surface area contributed by atoms with Crippen LogP contribution in [0.15, 0.2) is 0 Å². The molecule has 0 atom stereocenters. The van der Waals surface area contributed by atoms with E-state index in [1.807, 2.05) is 4.90 Å². The molecule has 0 aromatic rings. The lowest BCUT2D eigenvalue weighted by atomic mass is 9.89. The van der Waals surface area contributed by atoms with Gasteiger partial charge in [0, 0.05) is 52.4 Å². The molecule has 0 unspecified atom stereocenters. The largest absolute Gasteiger partial charge is 0.480 e. The van der Waals surface area contributed by atoms with Gasteiger partial charge in [-0.15, -0.1) is 0 Å². The number of carbonyl (C=O) groups is 4. The van der Waals surface area contributed by atoms with Crippen LogP contribution in [0, 0.1) is 0 Å².